The molecule has 1 aliphatic rings. The van der Waals surface area contributed by atoms with Crippen LogP contribution in [0.25, 0.3) is 5.69 Å². The molecule has 32 heavy (non-hydrogen) atoms. The Labute approximate surface area is 187 Å². The zero-order chi connectivity index (χ0) is 22.6. The average molecular weight is 455 g/mol. The molecule has 2 aromatic carbocycles. The Morgan fingerprint density at radius 2 is 1.78 bits per heavy atom. The van der Waals surface area contributed by atoms with Gasteiger partial charge in [-0.2, -0.15) is 4.31 Å². The van der Waals surface area contributed by atoms with Crippen LogP contribution in [0.5, 0.6) is 0 Å². The van der Waals surface area contributed by atoms with Gasteiger partial charge in [-0.05, 0) is 35.7 Å². The first-order valence-corrected chi connectivity index (χ1v) is 11.9. The monoisotopic (exact) mass is 454 g/mol. The second-order valence-electron chi connectivity index (χ2n) is 7.70. The van der Waals surface area contributed by atoms with E-state index in [9.17, 15) is 13.2 Å². The fraction of sp³-hybridized carbons (Fsp3) is 0.304. The van der Waals surface area contributed by atoms with Gasteiger partial charge in [0.05, 0.1) is 18.1 Å². The Balaban J connectivity index is 1.40. The standard InChI is InChI=1S/C23H26N4O4S/c1-18(19-5-3-2-4-6-19)15-24-23(28)22-16-26(17-25-22)20-7-9-21(10-8-20)32(29,30)27-11-13-31-14-12-27/h2-10,16-18H,11-15H2,1H3,(H,24,28)/t18-/m1/s1. The lowest BCUT2D eigenvalue weighted by molar-refractivity contribution is 0.0730. The van der Waals surface area contributed by atoms with Gasteiger partial charge < -0.3 is 14.6 Å². The van der Waals surface area contributed by atoms with Crippen molar-refractivity contribution in [3.05, 3.63) is 78.4 Å². The van der Waals surface area contributed by atoms with Crippen LogP contribution >= 0.6 is 0 Å². The van der Waals surface area contributed by atoms with Crippen LogP contribution < -0.4 is 5.32 Å². The van der Waals surface area contributed by atoms with Crippen LogP contribution in [0.2, 0.25) is 0 Å². The molecule has 1 N–H and O–H groups in total. The second kappa shape index (κ2) is 9.64. The minimum absolute atomic E-state index is 0.184. The lowest BCUT2D eigenvalue weighted by Crippen LogP contribution is -2.40. The smallest absolute Gasteiger partial charge is 0.271 e. The zero-order valence-corrected chi connectivity index (χ0v) is 18.7. The van der Waals surface area contributed by atoms with E-state index in [-0.39, 0.29) is 16.7 Å². The van der Waals surface area contributed by atoms with Crippen LogP contribution in [0.15, 0.2) is 72.0 Å². The SMILES string of the molecule is C[C@H](CNC(=O)c1cn(-c2ccc(S(=O)(=O)N3CCOCC3)cc2)cn1)c1ccccc1. The van der Waals surface area contributed by atoms with Gasteiger partial charge in [-0.3, -0.25) is 4.79 Å². The van der Waals surface area contributed by atoms with Crippen molar-refractivity contribution < 1.29 is 17.9 Å². The molecule has 0 saturated carbocycles. The van der Waals surface area contributed by atoms with Gasteiger partial charge >= 0.3 is 0 Å². The summed E-state index contributed by atoms with van der Waals surface area (Å²) in [6.07, 6.45) is 3.18. The summed E-state index contributed by atoms with van der Waals surface area (Å²) in [7, 11) is -3.54. The van der Waals surface area contributed by atoms with Crippen LogP contribution in [0, 0.1) is 0 Å². The molecule has 1 amide bonds. The average Bonchev–Trinajstić information content (AvgIpc) is 3.34. The van der Waals surface area contributed by atoms with Crippen LogP contribution in [0.3, 0.4) is 0 Å². The van der Waals surface area contributed by atoms with E-state index in [2.05, 4.69) is 17.2 Å². The molecule has 0 aliphatic carbocycles. The Hall–Kier alpha value is -3.01. The third-order valence-electron chi connectivity index (χ3n) is 5.50. The van der Waals surface area contributed by atoms with Crippen molar-refractivity contribution in [2.45, 2.75) is 17.7 Å². The van der Waals surface area contributed by atoms with E-state index in [0.717, 1.165) is 11.3 Å². The highest BCUT2D eigenvalue weighted by Gasteiger charge is 2.26. The summed E-state index contributed by atoms with van der Waals surface area (Å²) in [5, 5.41) is 2.92. The van der Waals surface area contributed by atoms with E-state index in [1.807, 2.05) is 30.3 Å². The summed E-state index contributed by atoms with van der Waals surface area (Å²) < 4.78 is 33.9. The van der Waals surface area contributed by atoms with Crippen molar-refractivity contribution in [2.75, 3.05) is 32.8 Å². The normalized spacial score (nSPS) is 15.9. The number of hydrogen-bond acceptors (Lipinski definition) is 5. The fourth-order valence-corrected chi connectivity index (χ4v) is 4.95. The molecule has 168 valence electrons. The van der Waals surface area contributed by atoms with E-state index in [4.69, 9.17) is 4.74 Å². The van der Waals surface area contributed by atoms with Crippen molar-refractivity contribution in [1.29, 1.82) is 0 Å². The predicted molar refractivity (Wildman–Crippen MR) is 120 cm³/mol. The van der Waals surface area contributed by atoms with Gasteiger partial charge in [0.15, 0.2) is 0 Å². The lowest BCUT2D eigenvalue weighted by Gasteiger charge is -2.26. The van der Waals surface area contributed by atoms with E-state index < -0.39 is 10.0 Å². The first-order valence-electron chi connectivity index (χ1n) is 10.5. The molecule has 3 aromatic rings. The van der Waals surface area contributed by atoms with Gasteiger partial charge in [-0.25, -0.2) is 13.4 Å². The van der Waals surface area contributed by atoms with Gasteiger partial charge in [0.25, 0.3) is 5.91 Å². The predicted octanol–water partition coefficient (Wildman–Crippen LogP) is 2.43. The summed E-state index contributed by atoms with van der Waals surface area (Å²) in [6, 6.07) is 16.5. The molecule has 4 rings (SSSR count). The molecule has 1 saturated heterocycles. The quantitative estimate of drug-likeness (QED) is 0.592. The maximum atomic E-state index is 12.8. The van der Waals surface area contributed by atoms with Crippen molar-refractivity contribution >= 4 is 15.9 Å². The molecule has 1 fully saturated rings. The first kappa shape index (κ1) is 22.2. The molecule has 8 nitrogen and oxygen atoms in total. The molecular weight excluding hydrogens is 428 g/mol. The number of amides is 1. The first-order chi connectivity index (χ1) is 15.4. The number of carbonyl (C=O) groups excluding carboxylic acids is 1. The fourth-order valence-electron chi connectivity index (χ4n) is 3.54. The van der Waals surface area contributed by atoms with Crippen molar-refractivity contribution in [1.82, 2.24) is 19.2 Å². The number of benzene rings is 2. The molecule has 0 radical (unpaired) electrons. The molecule has 0 bridgehead atoms. The third-order valence-corrected chi connectivity index (χ3v) is 7.41. The summed E-state index contributed by atoms with van der Waals surface area (Å²) in [5.41, 5.74) is 2.18. The van der Waals surface area contributed by atoms with Gasteiger partial charge in [0.2, 0.25) is 10.0 Å². The Kier molecular flexibility index (Phi) is 6.69. The zero-order valence-electron chi connectivity index (χ0n) is 17.8. The van der Waals surface area contributed by atoms with Crippen LogP contribution in [0.4, 0.5) is 0 Å². The summed E-state index contributed by atoms with van der Waals surface area (Å²) >= 11 is 0. The molecule has 0 spiro atoms. The highest BCUT2D eigenvalue weighted by molar-refractivity contribution is 7.89. The Bertz CT molecular complexity index is 1150. The van der Waals surface area contributed by atoms with E-state index in [0.29, 0.717) is 38.5 Å². The van der Waals surface area contributed by atoms with Gasteiger partial charge in [-0.1, -0.05) is 37.3 Å². The number of nitrogens with zero attached hydrogens (tertiary/aromatic N) is 3. The number of sulfonamides is 1. The van der Waals surface area contributed by atoms with Gasteiger partial charge in [-0.15, -0.1) is 0 Å². The van der Waals surface area contributed by atoms with E-state index >= 15 is 0 Å². The summed E-state index contributed by atoms with van der Waals surface area (Å²) in [5.74, 6) is -0.0683. The molecule has 0 unspecified atom stereocenters. The molecular formula is C23H26N4O4S. The highest BCUT2D eigenvalue weighted by atomic mass is 32.2. The third kappa shape index (κ3) is 4.90. The number of morpholine rings is 1. The lowest BCUT2D eigenvalue weighted by atomic mass is 10.0. The summed E-state index contributed by atoms with van der Waals surface area (Å²) in [6.45, 7) is 4.08. The topological polar surface area (TPSA) is 93.5 Å². The van der Waals surface area contributed by atoms with Crippen molar-refractivity contribution in [2.24, 2.45) is 0 Å². The largest absolute Gasteiger partial charge is 0.379 e. The number of imidazole rings is 1. The number of carbonyl (C=O) groups is 1. The molecule has 9 heteroatoms. The minimum atomic E-state index is -3.54. The van der Waals surface area contributed by atoms with Gasteiger partial charge in [0, 0.05) is 31.5 Å². The molecule has 1 atom stereocenters. The second-order valence-corrected chi connectivity index (χ2v) is 9.64. The molecule has 1 aliphatic heterocycles. The number of ether oxygens (including phenoxy) is 1. The Morgan fingerprint density at radius 1 is 1.09 bits per heavy atom. The van der Waals surface area contributed by atoms with Crippen molar-refractivity contribution in [3.63, 3.8) is 0 Å². The van der Waals surface area contributed by atoms with E-state index in [1.165, 1.54) is 4.31 Å². The highest BCUT2D eigenvalue weighted by Crippen LogP contribution is 2.19. The van der Waals surface area contributed by atoms with Crippen LogP contribution in [-0.2, 0) is 14.8 Å². The van der Waals surface area contributed by atoms with Crippen LogP contribution in [-0.4, -0.2) is 61.0 Å². The van der Waals surface area contributed by atoms with Crippen molar-refractivity contribution in [3.8, 4) is 5.69 Å². The maximum absolute atomic E-state index is 12.8. The van der Waals surface area contributed by atoms with Crippen LogP contribution in [0.1, 0.15) is 28.9 Å². The number of rotatable bonds is 7. The maximum Gasteiger partial charge on any atom is 0.271 e. The van der Waals surface area contributed by atoms with E-state index in [1.54, 1.807) is 41.4 Å². The van der Waals surface area contributed by atoms with Gasteiger partial charge in [0.1, 0.15) is 12.0 Å². The molecule has 2 heterocycles. The summed E-state index contributed by atoms with van der Waals surface area (Å²) in [4.78, 5) is 16.9. The molecule has 1 aromatic heterocycles. The number of nitrogens with one attached hydrogen (secondary N) is 1. The number of hydrogen-bond donors (Lipinski definition) is 1. The minimum Gasteiger partial charge on any atom is -0.379 e. The Morgan fingerprint density at radius 3 is 2.47 bits per heavy atom. The number of aromatic nitrogens is 2.